The number of nitrogens with zero attached hydrogens (tertiary/aromatic N) is 1. The summed E-state index contributed by atoms with van der Waals surface area (Å²) >= 11 is 0. The van der Waals surface area contributed by atoms with Crippen molar-refractivity contribution in [2.45, 2.75) is 6.42 Å². The van der Waals surface area contributed by atoms with Gasteiger partial charge in [-0.3, -0.25) is 4.79 Å². The Bertz CT molecular complexity index is 462. The minimum Gasteiger partial charge on any atom is -0.481 e. The highest BCUT2D eigenvalue weighted by Crippen LogP contribution is 2.23. The standard InChI is InChI=1S/C11H9NO3/c13-11(14)6-10-9(7-12-15-10)8-4-2-1-3-5-8/h1-5,7H,6H2,(H,13,14). The average Bonchev–Trinajstić information content (AvgIpc) is 2.66. The first kappa shape index (κ1) is 9.45. The second kappa shape index (κ2) is 3.96. The van der Waals surface area contributed by atoms with Gasteiger partial charge in [-0.1, -0.05) is 35.5 Å². The summed E-state index contributed by atoms with van der Waals surface area (Å²) in [7, 11) is 0. The van der Waals surface area contributed by atoms with Gasteiger partial charge in [-0.15, -0.1) is 0 Å². The maximum atomic E-state index is 10.6. The van der Waals surface area contributed by atoms with Crippen molar-refractivity contribution in [2.75, 3.05) is 0 Å². The molecule has 4 nitrogen and oxygen atoms in total. The Morgan fingerprint density at radius 1 is 1.33 bits per heavy atom. The fraction of sp³-hybridized carbons (Fsp3) is 0.0909. The van der Waals surface area contributed by atoms with E-state index in [2.05, 4.69) is 5.16 Å². The monoisotopic (exact) mass is 203 g/mol. The molecule has 0 bridgehead atoms. The smallest absolute Gasteiger partial charge is 0.311 e. The van der Waals surface area contributed by atoms with E-state index in [-0.39, 0.29) is 6.42 Å². The molecule has 1 heterocycles. The Hall–Kier alpha value is -2.10. The first-order valence-electron chi connectivity index (χ1n) is 4.48. The number of hydrogen-bond donors (Lipinski definition) is 1. The van der Waals surface area contributed by atoms with Gasteiger partial charge >= 0.3 is 5.97 Å². The van der Waals surface area contributed by atoms with Crippen molar-refractivity contribution in [1.82, 2.24) is 5.16 Å². The van der Waals surface area contributed by atoms with Crippen molar-refractivity contribution in [3.05, 3.63) is 42.3 Å². The van der Waals surface area contributed by atoms with E-state index in [0.29, 0.717) is 5.76 Å². The molecule has 0 amide bonds. The molecule has 0 spiro atoms. The van der Waals surface area contributed by atoms with Gasteiger partial charge in [0.15, 0.2) is 5.76 Å². The molecule has 1 N–H and O–H groups in total. The fourth-order valence-corrected chi connectivity index (χ4v) is 1.38. The number of carboxylic acids is 1. The molecule has 0 saturated heterocycles. The fourth-order valence-electron chi connectivity index (χ4n) is 1.38. The topological polar surface area (TPSA) is 63.3 Å². The maximum Gasteiger partial charge on any atom is 0.311 e. The van der Waals surface area contributed by atoms with Crippen LogP contribution >= 0.6 is 0 Å². The van der Waals surface area contributed by atoms with E-state index in [1.54, 1.807) is 0 Å². The van der Waals surface area contributed by atoms with Gasteiger partial charge in [-0.25, -0.2) is 0 Å². The molecule has 2 rings (SSSR count). The summed E-state index contributed by atoms with van der Waals surface area (Å²) in [5, 5.41) is 12.3. The highest BCUT2D eigenvalue weighted by Gasteiger charge is 2.12. The summed E-state index contributed by atoms with van der Waals surface area (Å²) < 4.78 is 4.90. The molecule has 0 saturated carbocycles. The molecule has 0 unspecified atom stereocenters. The van der Waals surface area contributed by atoms with E-state index < -0.39 is 5.97 Å². The normalized spacial score (nSPS) is 10.1. The molecule has 0 aliphatic rings. The summed E-state index contributed by atoms with van der Waals surface area (Å²) in [6, 6.07) is 9.43. The minimum absolute atomic E-state index is 0.149. The number of carbonyl (C=O) groups is 1. The predicted molar refractivity (Wildman–Crippen MR) is 53.3 cm³/mol. The maximum absolute atomic E-state index is 10.6. The van der Waals surface area contributed by atoms with Crippen molar-refractivity contribution in [3.8, 4) is 11.1 Å². The van der Waals surface area contributed by atoms with E-state index in [1.807, 2.05) is 30.3 Å². The van der Waals surface area contributed by atoms with E-state index in [1.165, 1.54) is 6.20 Å². The van der Waals surface area contributed by atoms with Gasteiger partial charge in [0, 0.05) is 5.56 Å². The molecular formula is C11H9NO3. The van der Waals surface area contributed by atoms with Crippen molar-refractivity contribution in [3.63, 3.8) is 0 Å². The van der Waals surface area contributed by atoms with Gasteiger partial charge in [-0.2, -0.15) is 0 Å². The van der Waals surface area contributed by atoms with Crippen LogP contribution < -0.4 is 0 Å². The molecule has 0 atom stereocenters. The zero-order chi connectivity index (χ0) is 10.7. The van der Waals surface area contributed by atoms with Crippen LogP contribution in [0.3, 0.4) is 0 Å². The van der Waals surface area contributed by atoms with E-state index >= 15 is 0 Å². The van der Waals surface area contributed by atoms with Gasteiger partial charge in [-0.05, 0) is 5.56 Å². The lowest BCUT2D eigenvalue weighted by Gasteiger charge is -1.97. The Balaban J connectivity index is 2.37. The third-order valence-corrected chi connectivity index (χ3v) is 2.04. The number of benzene rings is 1. The molecule has 4 heteroatoms. The molecule has 1 aromatic heterocycles. The SMILES string of the molecule is O=C(O)Cc1oncc1-c1ccccc1. The molecule has 0 radical (unpaired) electrons. The van der Waals surface area contributed by atoms with Gasteiger partial charge in [0.05, 0.1) is 6.20 Å². The molecule has 1 aromatic carbocycles. The Morgan fingerprint density at radius 3 is 2.73 bits per heavy atom. The summed E-state index contributed by atoms with van der Waals surface area (Å²) in [5.74, 6) is -0.544. The Labute approximate surface area is 86.1 Å². The lowest BCUT2D eigenvalue weighted by molar-refractivity contribution is -0.136. The number of carboxylic acid groups (broad SMARTS) is 1. The highest BCUT2D eigenvalue weighted by molar-refractivity contribution is 5.74. The predicted octanol–water partition coefficient (Wildman–Crippen LogP) is 1.97. The lowest BCUT2D eigenvalue weighted by Crippen LogP contribution is -1.99. The third-order valence-electron chi connectivity index (χ3n) is 2.04. The molecule has 76 valence electrons. The molecule has 0 fully saturated rings. The van der Waals surface area contributed by atoms with Crippen LogP contribution in [0.25, 0.3) is 11.1 Å². The second-order valence-corrected chi connectivity index (χ2v) is 3.10. The second-order valence-electron chi connectivity index (χ2n) is 3.10. The van der Waals surface area contributed by atoms with Gasteiger partial charge < -0.3 is 9.63 Å². The summed E-state index contributed by atoms with van der Waals surface area (Å²) in [6.07, 6.45) is 1.39. The molecule has 0 aliphatic carbocycles. The lowest BCUT2D eigenvalue weighted by atomic mass is 10.1. The van der Waals surface area contributed by atoms with Crippen LogP contribution in [-0.2, 0) is 11.2 Å². The minimum atomic E-state index is -0.927. The van der Waals surface area contributed by atoms with Crippen molar-refractivity contribution < 1.29 is 14.4 Å². The first-order chi connectivity index (χ1) is 7.27. The van der Waals surface area contributed by atoms with Gasteiger partial charge in [0.1, 0.15) is 6.42 Å². The van der Waals surface area contributed by atoms with E-state index in [4.69, 9.17) is 9.63 Å². The molecule has 0 aliphatic heterocycles. The number of aliphatic carboxylic acids is 1. The van der Waals surface area contributed by atoms with Crippen molar-refractivity contribution >= 4 is 5.97 Å². The van der Waals surface area contributed by atoms with Crippen LogP contribution in [0.4, 0.5) is 0 Å². The van der Waals surface area contributed by atoms with Crippen LogP contribution in [-0.4, -0.2) is 16.2 Å². The Kier molecular flexibility index (Phi) is 2.49. The number of hydrogen-bond acceptors (Lipinski definition) is 3. The molecule has 2 aromatic rings. The quantitative estimate of drug-likeness (QED) is 0.828. The number of aromatic nitrogens is 1. The van der Waals surface area contributed by atoms with Crippen molar-refractivity contribution in [2.24, 2.45) is 0 Å². The van der Waals surface area contributed by atoms with Crippen LogP contribution in [0.5, 0.6) is 0 Å². The van der Waals surface area contributed by atoms with Gasteiger partial charge in [0.25, 0.3) is 0 Å². The first-order valence-corrected chi connectivity index (χ1v) is 4.48. The third kappa shape index (κ3) is 2.04. The zero-order valence-electron chi connectivity index (χ0n) is 7.88. The summed E-state index contributed by atoms with van der Waals surface area (Å²) in [5.41, 5.74) is 1.65. The van der Waals surface area contributed by atoms with Crippen LogP contribution in [0.1, 0.15) is 5.76 Å². The highest BCUT2D eigenvalue weighted by atomic mass is 16.5. The average molecular weight is 203 g/mol. The summed E-state index contributed by atoms with van der Waals surface area (Å²) in [4.78, 5) is 10.6. The van der Waals surface area contributed by atoms with Crippen LogP contribution in [0.15, 0.2) is 41.1 Å². The Morgan fingerprint density at radius 2 is 2.07 bits per heavy atom. The van der Waals surface area contributed by atoms with E-state index in [0.717, 1.165) is 11.1 Å². The van der Waals surface area contributed by atoms with Gasteiger partial charge in [0.2, 0.25) is 0 Å². The van der Waals surface area contributed by atoms with Crippen molar-refractivity contribution in [1.29, 1.82) is 0 Å². The zero-order valence-corrected chi connectivity index (χ0v) is 7.88. The summed E-state index contributed by atoms with van der Waals surface area (Å²) in [6.45, 7) is 0. The van der Waals surface area contributed by atoms with E-state index in [9.17, 15) is 4.79 Å². The molecular weight excluding hydrogens is 194 g/mol. The number of rotatable bonds is 3. The van der Waals surface area contributed by atoms with Crippen LogP contribution in [0, 0.1) is 0 Å². The molecule has 15 heavy (non-hydrogen) atoms. The van der Waals surface area contributed by atoms with Crippen LogP contribution in [0.2, 0.25) is 0 Å². The largest absolute Gasteiger partial charge is 0.481 e.